The average Bonchev–Trinajstić information content (AvgIpc) is 1.93. The molecule has 0 aliphatic rings. The van der Waals surface area contributed by atoms with Crippen molar-refractivity contribution in [1.29, 1.82) is 0 Å². The molecule has 11 heavy (non-hydrogen) atoms. The molecule has 1 radical (unpaired) electrons. The molecule has 0 aromatic carbocycles. The Labute approximate surface area is 95.9 Å². The van der Waals surface area contributed by atoms with Gasteiger partial charge in [0.05, 0.1) is 0 Å². The van der Waals surface area contributed by atoms with Crippen LogP contribution in [0.2, 0.25) is 0 Å². The van der Waals surface area contributed by atoms with Crippen molar-refractivity contribution < 1.29 is 42.2 Å². The molecule has 0 N–H and O–H groups in total. The van der Waals surface area contributed by atoms with Gasteiger partial charge >= 0.3 is 0 Å². The van der Waals surface area contributed by atoms with E-state index in [4.69, 9.17) is 4.74 Å². The zero-order chi connectivity index (χ0) is 8.24. The minimum absolute atomic E-state index is 0. The largest absolute Gasteiger partial charge is 0.554 e. The normalized spacial score (nSPS) is 7.64. The van der Waals surface area contributed by atoms with Gasteiger partial charge in [0.25, 0.3) is 0 Å². The van der Waals surface area contributed by atoms with Crippen LogP contribution in [0.1, 0.15) is 26.7 Å². The van der Waals surface area contributed by atoms with Crippen molar-refractivity contribution in [3.63, 3.8) is 0 Å². The number of hydrogen-bond donors (Lipinski definition) is 0. The molecule has 0 heterocycles. The van der Waals surface area contributed by atoms with E-state index in [0.717, 1.165) is 19.4 Å². The van der Waals surface area contributed by atoms with Crippen LogP contribution < -0.4 is 0 Å². The summed E-state index contributed by atoms with van der Waals surface area (Å²) in [5.41, 5.74) is 0. The van der Waals surface area contributed by atoms with Crippen molar-refractivity contribution in [3.8, 4) is 0 Å². The van der Waals surface area contributed by atoms with Gasteiger partial charge in [-0.2, -0.15) is 6.42 Å². The Hall–Kier alpha value is 1.02. The summed E-state index contributed by atoms with van der Waals surface area (Å²) in [4.78, 5) is 0. The van der Waals surface area contributed by atoms with Gasteiger partial charge in [-0.25, -0.2) is 6.61 Å². The van der Waals surface area contributed by atoms with E-state index in [0.29, 0.717) is 0 Å². The van der Waals surface area contributed by atoms with E-state index >= 15 is 0 Å². The molecular formula is C8H19O2Y-. The van der Waals surface area contributed by atoms with Gasteiger partial charge in [-0.15, -0.1) is 0 Å². The molecule has 0 aliphatic carbocycles. The molecular weight excluding hydrogens is 217 g/mol. The third-order valence-corrected chi connectivity index (χ3v) is 0.742. The van der Waals surface area contributed by atoms with Gasteiger partial charge in [-0.05, 0) is 13.5 Å². The first-order chi connectivity index (χ1) is 4.83. The predicted molar refractivity (Wildman–Crippen MR) is 43.8 cm³/mol. The quantitative estimate of drug-likeness (QED) is 0.697. The van der Waals surface area contributed by atoms with E-state index in [1.807, 2.05) is 6.92 Å². The van der Waals surface area contributed by atoms with Gasteiger partial charge in [0, 0.05) is 46.4 Å². The SMILES string of the molecule is CCCOC.CC[CH-]OC.[Y]. The van der Waals surface area contributed by atoms with Gasteiger partial charge in [0.1, 0.15) is 0 Å². The first-order valence-electron chi connectivity index (χ1n) is 3.66. The number of rotatable bonds is 4. The molecule has 0 saturated carbocycles. The third-order valence-electron chi connectivity index (χ3n) is 0.742. The summed E-state index contributed by atoms with van der Waals surface area (Å²) in [7, 11) is 3.37. The minimum Gasteiger partial charge on any atom is -0.554 e. The van der Waals surface area contributed by atoms with Crippen LogP contribution in [0.5, 0.6) is 0 Å². The fraction of sp³-hybridized carbons (Fsp3) is 0.875. The summed E-state index contributed by atoms with van der Waals surface area (Å²) in [6.45, 7) is 6.76. The zero-order valence-corrected chi connectivity index (χ0v) is 10.9. The van der Waals surface area contributed by atoms with Crippen LogP contribution >= 0.6 is 0 Å². The van der Waals surface area contributed by atoms with Crippen molar-refractivity contribution in [2.24, 2.45) is 0 Å². The maximum atomic E-state index is 4.69. The maximum Gasteiger partial charge on any atom is 0.0459 e. The second kappa shape index (κ2) is 22.5. The van der Waals surface area contributed by atoms with Crippen LogP contribution in [-0.4, -0.2) is 20.8 Å². The van der Waals surface area contributed by atoms with Crippen LogP contribution in [0.3, 0.4) is 0 Å². The molecule has 0 aliphatic heterocycles. The topological polar surface area (TPSA) is 18.5 Å². The Morgan fingerprint density at radius 2 is 1.73 bits per heavy atom. The summed E-state index contributed by atoms with van der Waals surface area (Å²) >= 11 is 0. The Bertz CT molecular complexity index is 33.1. The monoisotopic (exact) mass is 236 g/mol. The summed E-state index contributed by atoms with van der Waals surface area (Å²) in [6, 6.07) is 0. The van der Waals surface area contributed by atoms with Crippen LogP contribution in [0.4, 0.5) is 0 Å². The summed E-state index contributed by atoms with van der Waals surface area (Å²) in [6.07, 6.45) is 2.12. The first-order valence-corrected chi connectivity index (χ1v) is 3.66. The van der Waals surface area contributed by atoms with E-state index in [2.05, 4.69) is 11.7 Å². The molecule has 0 amide bonds. The van der Waals surface area contributed by atoms with Crippen LogP contribution in [-0.2, 0) is 42.2 Å². The Kier molecular flexibility index (Phi) is 36.6. The zero-order valence-electron chi connectivity index (χ0n) is 8.09. The Balaban J connectivity index is -0.000000107. The number of methoxy groups -OCH3 is 2. The molecule has 67 valence electrons. The third kappa shape index (κ3) is 35.6. The molecule has 0 aromatic heterocycles. The maximum absolute atomic E-state index is 4.69. The Morgan fingerprint density at radius 1 is 1.18 bits per heavy atom. The number of hydrogen-bond acceptors (Lipinski definition) is 2. The second-order valence-corrected chi connectivity index (χ2v) is 1.80. The average molecular weight is 236 g/mol. The Morgan fingerprint density at radius 3 is 1.73 bits per heavy atom. The molecule has 0 bridgehead atoms. The van der Waals surface area contributed by atoms with Gasteiger partial charge in [-0.3, -0.25) is 0 Å². The van der Waals surface area contributed by atoms with Crippen LogP contribution in [0.15, 0.2) is 0 Å². The molecule has 0 fully saturated rings. The molecule has 0 aromatic rings. The number of ether oxygens (including phenoxy) is 2. The molecule has 0 rings (SSSR count). The molecule has 3 heteroatoms. The minimum atomic E-state index is 0. The summed E-state index contributed by atoms with van der Waals surface area (Å²) in [5, 5.41) is 0. The summed E-state index contributed by atoms with van der Waals surface area (Å²) < 4.78 is 9.26. The molecule has 0 atom stereocenters. The van der Waals surface area contributed by atoms with Crippen molar-refractivity contribution in [3.05, 3.63) is 6.61 Å². The summed E-state index contributed by atoms with van der Waals surface area (Å²) in [5.74, 6) is 0. The fourth-order valence-electron chi connectivity index (χ4n) is 0.371. The van der Waals surface area contributed by atoms with Gasteiger partial charge in [-0.1, -0.05) is 13.8 Å². The van der Waals surface area contributed by atoms with Gasteiger partial charge in [0.15, 0.2) is 0 Å². The van der Waals surface area contributed by atoms with E-state index < -0.39 is 0 Å². The predicted octanol–water partition coefficient (Wildman–Crippen LogP) is 2.24. The van der Waals surface area contributed by atoms with E-state index in [-0.39, 0.29) is 32.7 Å². The van der Waals surface area contributed by atoms with E-state index in [9.17, 15) is 0 Å². The van der Waals surface area contributed by atoms with Crippen molar-refractivity contribution in [1.82, 2.24) is 0 Å². The van der Waals surface area contributed by atoms with E-state index in [1.54, 1.807) is 20.8 Å². The van der Waals surface area contributed by atoms with Gasteiger partial charge in [0.2, 0.25) is 0 Å². The molecule has 0 saturated heterocycles. The molecule has 0 spiro atoms. The smallest absolute Gasteiger partial charge is 0.0459 e. The second-order valence-electron chi connectivity index (χ2n) is 1.80. The van der Waals surface area contributed by atoms with Crippen molar-refractivity contribution in [2.45, 2.75) is 26.7 Å². The van der Waals surface area contributed by atoms with Gasteiger partial charge < -0.3 is 9.47 Å². The van der Waals surface area contributed by atoms with Crippen molar-refractivity contribution >= 4 is 0 Å². The van der Waals surface area contributed by atoms with Crippen LogP contribution in [0, 0.1) is 6.61 Å². The van der Waals surface area contributed by atoms with Crippen molar-refractivity contribution in [2.75, 3.05) is 20.8 Å². The first kappa shape index (κ1) is 17.9. The van der Waals surface area contributed by atoms with E-state index in [1.165, 1.54) is 0 Å². The fourth-order valence-corrected chi connectivity index (χ4v) is 0.371. The van der Waals surface area contributed by atoms with Crippen LogP contribution in [0.25, 0.3) is 0 Å². The molecule has 0 unspecified atom stereocenters. The molecule has 2 nitrogen and oxygen atoms in total. The standard InChI is InChI=1S/C4H10O.C4H9O.Y/c2*1-3-4-5-2;/h3-4H2,1-2H3;4H,3H2,1-2H3;/q;-1;.